The van der Waals surface area contributed by atoms with Crippen molar-refractivity contribution in [2.24, 2.45) is 14.1 Å². The van der Waals surface area contributed by atoms with E-state index in [1.54, 1.807) is 0 Å². The maximum absolute atomic E-state index is 6.61. The smallest absolute Gasteiger partial charge is 0.292 e. The van der Waals surface area contributed by atoms with Gasteiger partial charge in [-0.05, 0) is 30.7 Å². The van der Waals surface area contributed by atoms with Crippen LogP contribution in [0.3, 0.4) is 0 Å². The molecule has 4 aromatic carbocycles. The average molecular weight is 508 g/mol. The number of aromatic nitrogens is 4. The zero-order chi connectivity index (χ0) is 26.5. The van der Waals surface area contributed by atoms with Crippen molar-refractivity contribution < 1.29 is 8.98 Å². The van der Waals surface area contributed by atoms with Crippen LogP contribution in [0.4, 0.5) is 0 Å². The van der Waals surface area contributed by atoms with Crippen molar-refractivity contribution in [2.75, 3.05) is 0 Å². The molecule has 0 saturated heterocycles. The topological polar surface area (TPSA) is 47.7 Å². The van der Waals surface area contributed by atoms with Crippen LogP contribution < -0.4 is 4.57 Å². The van der Waals surface area contributed by atoms with Crippen molar-refractivity contribution in [3.05, 3.63) is 115 Å². The minimum Gasteiger partial charge on any atom is -0.455 e. The molecule has 3 aromatic heterocycles. The zero-order valence-electron chi connectivity index (χ0n) is 22.1. The van der Waals surface area contributed by atoms with E-state index in [0.717, 1.165) is 61.4 Å². The lowest BCUT2D eigenvalue weighted by Gasteiger charge is -2.09. The van der Waals surface area contributed by atoms with Crippen LogP contribution in [0, 0.1) is 6.92 Å². The lowest BCUT2D eigenvalue weighted by molar-refractivity contribution is -0.659. The molecule has 0 aliphatic rings. The Labute approximate surface area is 226 Å². The number of furan rings is 1. The van der Waals surface area contributed by atoms with E-state index in [1.807, 2.05) is 36.4 Å². The molecule has 0 spiro atoms. The van der Waals surface area contributed by atoms with Gasteiger partial charge in [0.05, 0.1) is 25.5 Å². The molecule has 0 N–H and O–H groups in total. The molecule has 0 radical (unpaired) electrons. The first kappa shape index (κ1) is 23.1. The molecular weight excluding hydrogens is 480 g/mol. The first-order valence-corrected chi connectivity index (χ1v) is 13.0. The van der Waals surface area contributed by atoms with Gasteiger partial charge in [-0.25, -0.2) is 19.1 Å². The van der Waals surface area contributed by atoms with Crippen molar-refractivity contribution in [3.63, 3.8) is 0 Å². The fourth-order valence-electron chi connectivity index (χ4n) is 5.39. The third-order valence-corrected chi connectivity index (χ3v) is 7.38. The first-order valence-electron chi connectivity index (χ1n) is 13.0. The van der Waals surface area contributed by atoms with Gasteiger partial charge >= 0.3 is 0 Å². The summed E-state index contributed by atoms with van der Waals surface area (Å²) in [6.07, 6.45) is 4.13. The van der Waals surface area contributed by atoms with Gasteiger partial charge in [0.25, 0.3) is 5.82 Å². The number of imidazole rings is 1. The fraction of sp³-hybridized carbons (Fsp3) is 0.0882. The molecule has 0 fully saturated rings. The molecule has 3 heterocycles. The largest absolute Gasteiger partial charge is 0.455 e. The van der Waals surface area contributed by atoms with Crippen LogP contribution in [0.25, 0.3) is 67.2 Å². The second-order valence-electron chi connectivity index (χ2n) is 9.98. The third-order valence-electron chi connectivity index (χ3n) is 7.38. The number of aryl methyl sites for hydroxylation is 3. The fourth-order valence-corrected chi connectivity index (χ4v) is 5.39. The minimum absolute atomic E-state index is 0.669. The van der Waals surface area contributed by atoms with Crippen LogP contribution >= 0.6 is 0 Å². The monoisotopic (exact) mass is 507 g/mol. The summed E-state index contributed by atoms with van der Waals surface area (Å²) in [5.74, 6) is 1.77. The molecule has 0 atom stereocenters. The first-order chi connectivity index (χ1) is 19.1. The number of rotatable bonds is 4. The predicted octanol–water partition coefficient (Wildman–Crippen LogP) is 7.52. The Morgan fingerprint density at radius 3 is 1.97 bits per heavy atom. The predicted molar refractivity (Wildman–Crippen MR) is 156 cm³/mol. The highest BCUT2D eigenvalue weighted by molar-refractivity contribution is 6.10. The molecule has 39 heavy (non-hydrogen) atoms. The summed E-state index contributed by atoms with van der Waals surface area (Å²) in [7, 11) is 4.13. The molecule has 0 amide bonds. The summed E-state index contributed by atoms with van der Waals surface area (Å²) in [5, 5.41) is 2.18. The molecule has 7 rings (SSSR count). The standard InChI is InChI=1S/C34H27N4O/c1-22-14-16-27-26-17-15-25(20-30(26)39-32(27)31(22)34-37(2)18-19-38(34)3)33-35-28(23-10-6-4-7-11-23)21-29(36-33)24-12-8-5-9-13-24/h4-21H,1-3H3/q+1. The molecule has 0 aliphatic heterocycles. The van der Waals surface area contributed by atoms with Crippen molar-refractivity contribution in [3.8, 4) is 45.3 Å². The summed E-state index contributed by atoms with van der Waals surface area (Å²) < 4.78 is 10.9. The van der Waals surface area contributed by atoms with Crippen LogP contribution in [-0.2, 0) is 14.1 Å². The minimum atomic E-state index is 0.669. The lowest BCUT2D eigenvalue weighted by atomic mass is 10.0. The van der Waals surface area contributed by atoms with Crippen LogP contribution in [0.2, 0.25) is 0 Å². The van der Waals surface area contributed by atoms with E-state index in [0.29, 0.717) is 5.82 Å². The van der Waals surface area contributed by atoms with Gasteiger partial charge in [-0.2, -0.15) is 0 Å². The Hall–Kier alpha value is -5.03. The zero-order valence-corrected chi connectivity index (χ0v) is 22.1. The Balaban J connectivity index is 1.43. The molecule has 0 aliphatic carbocycles. The summed E-state index contributed by atoms with van der Waals surface area (Å²) in [6, 6.07) is 33.2. The van der Waals surface area contributed by atoms with Gasteiger partial charge in [-0.3, -0.25) is 0 Å². The van der Waals surface area contributed by atoms with E-state index in [1.165, 1.54) is 5.56 Å². The normalized spacial score (nSPS) is 11.5. The number of hydrogen-bond donors (Lipinski definition) is 0. The average Bonchev–Trinajstić information content (AvgIpc) is 3.52. The van der Waals surface area contributed by atoms with Crippen LogP contribution in [0.5, 0.6) is 0 Å². The third kappa shape index (κ3) is 3.91. The number of nitrogens with zero attached hydrogens (tertiary/aromatic N) is 4. The lowest BCUT2D eigenvalue weighted by Crippen LogP contribution is -2.29. The molecule has 5 nitrogen and oxygen atoms in total. The molecule has 0 unspecified atom stereocenters. The molecule has 5 heteroatoms. The Morgan fingerprint density at radius 1 is 0.718 bits per heavy atom. The van der Waals surface area contributed by atoms with Crippen LogP contribution in [0.1, 0.15) is 5.56 Å². The van der Waals surface area contributed by atoms with Crippen molar-refractivity contribution in [2.45, 2.75) is 6.92 Å². The summed E-state index contributed by atoms with van der Waals surface area (Å²) in [4.78, 5) is 9.99. The van der Waals surface area contributed by atoms with Crippen LogP contribution in [0.15, 0.2) is 114 Å². The quantitative estimate of drug-likeness (QED) is 0.232. The number of fused-ring (bicyclic) bond motifs is 3. The highest BCUT2D eigenvalue weighted by atomic mass is 16.3. The number of benzene rings is 4. The SMILES string of the molecule is Cc1ccc2c(oc3cc(-c4nc(-c5ccccc5)cc(-c5ccccc5)n4)ccc32)c1-c1n(C)cc[n+]1C. The summed E-state index contributed by atoms with van der Waals surface area (Å²) in [5.41, 5.74) is 8.79. The molecule has 188 valence electrons. The van der Waals surface area contributed by atoms with Crippen molar-refractivity contribution >= 4 is 21.9 Å². The van der Waals surface area contributed by atoms with Crippen molar-refractivity contribution in [1.29, 1.82) is 0 Å². The summed E-state index contributed by atoms with van der Waals surface area (Å²) in [6.45, 7) is 2.13. The van der Waals surface area contributed by atoms with Gasteiger partial charge in [-0.15, -0.1) is 0 Å². The van der Waals surface area contributed by atoms with E-state index in [2.05, 4.69) is 103 Å². The molecular formula is C34H27N4O+. The highest BCUT2D eigenvalue weighted by Crippen LogP contribution is 2.38. The van der Waals surface area contributed by atoms with E-state index in [9.17, 15) is 0 Å². The van der Waals surface area contributed by atoms with Gasteiger partial charge in [0, 0.05) is 27.5 Å². The molecule has 7 aromatic rings. The number of hydrogen-bond acceptors (Lipinski definition) is 3. The second kappa shape index (κ2) is 9.07. The maximum Gasteiger partial charge on any atom is 0.292 e. The Bertz CT molecular complexity index is 1910. The maximum atomic E-state index is 6.61. The van der Waals surface area contributed by atoms with Gasteiger partial charge in [-0.1, -0.05) is 78.9 Å². The van der Waals surface area contributed by atoms with E-state index >= 15 is 0 Å². The Kier molecular flexibility index (Phi) is 5.37. The van der Waals surface area contributed by atoms with Gasteiger partial charge < -0.3 is 4.42 Å². The van der Waals surface area contributed by atoms with E-state index < -0.39 is 0 Å². The van der Waals surface area contributed by atoms with Gasteiger partial charge in [0.2, 0.25) is 0 Å². The van der Waals surface area contributed by atoms with E-state index in [4.69, 9.17) is 14.4 Å². The molecule has 0 bridgehead atoms. The summed E-state index contributed by atoms with van der Waals surface area (Å²) >= 11 is 0. The van der Waals surface area contributed by atoms with Gasteiger partial charge in [0.1, 0.15) is 23.5 Å². The van der Waals surface area contributed by atoms with E-state index in [-0.39, 0.29) is 0 Å². The highest BCUT2D eigenvalue weighted by Gasteiger charge is 2.23. The van der Waals surface area contributed by atoms with Gasteiger partial charge in [0.15, 0.2) is 11.4 Å². The second-order valence-corrected chi connectivity index (χ2v) is 9.98. The van der Waals surface area contributed by atoms with Crippen LogP contribution in [-0.4, -0.2) is 14.5 Å². The molecule has 0 saturated carbocycles. The Morgan fingerprint density at radius 2 is 1.36 bits per heavy atom. The van der Waals surface area contributed by atoms with Crippen molar-refractivity contribution in [1.82, 2.24) is 14.5 Å².